The van der Waals surface area contributed by atoms with Crippen LogP contribution in [-0.4, -0.2) is 51.7 Å². The summed E-state index contributed by atoms with van der Waals surface area (Å²) in [4.78, 5) is 39.7. The van der Waals surface area contributed by atoms with E-state index in [1.807, 2.05) is 65.0 Å². The molecule has 37 heavy (non-hydrogen) atoms. The number of fused-ring (bicyclic) bond motifs is 1. The first kappa shape index (κ1) is 26.1. The van der Waals surface area contributed by atoms with Gasteiger partial charge in [-0.25, -0.2) is 19.7 Å². The summed E-state index contributed by atoms with van der Waals surface area (Å²) in [5.74, 6) is 2.16. The summed E-state index contributed by atoms with van der Waals surface area (Å²) in [6.45, 7) is 12.4. The highest BCUT2D eigenvalue weighted by atomic mass is 16.6. The van der Waals surface area contributed by atoms with E-state index in [0.29, 0.717) is 23.9 Å². The Balaban J connectivity index is 1.54. The zero-order valence-corrected chi connectivity index (χ0v) is 22.3. The summed E-state index contributed by atoms with van der Waals surface area (Å²) in [6.07, 6.45) is 2.15. The molecule has 4 rings (SSSR count). The Kier molecular flexibility index (Phi) is 7.47. The van der Waals surface area contributed by atoms with E-state index >= 15 is 0 Å². The van der Waals surface area contributed by atoms with E-state index in [1.54, 1.807) is 13.1 Å². The quantitative estimate of drug-likeness (QED) is 0.446. The van der Waals surface area contributed by atoms with Crippen molar-refractivity contribution in [3.8, 4) is 0 Å². The molecule has 10 nitrogen and oxygen atoms in total. The summed E-state index contributed by atoms with van der Waals surface area (Å²) in [7, 11) is 0. The molecule has 2 amide bonds. The van der Waals surface area contributed by atoms with Crippen LogP contribution in [0.15, 0.2) is 36.5 Å². The molecule has 3 aromatic rings. The SMILES string of the molecule is CC(=O)N[C@@H]1CCN(c2cc3c(NC(C)c4cccc(NC(=O)OC(C)(C)C)c4)nc(C)nc3cn2)C1. The smallest absolute Gasteiger partial charge is 0.412 e. The molecule has 0 saturated carbocycles. The number of carbonyl (C=O) groups excluding carboxylic acids is 2. The van der Waals surface area contributed by atoms with Gasteiger partial charge in [-0.05, 0) is 64.8 Å². The number of pyridine rings is 1. The fourth-order valence-corrected chi connectivity index (χ4v) is 4.39. The average molecular weight is 506 g/mol. The Labute approximate surface area is 217 Å². The van der Waals surface area contributed by atoms with Gasteiger partial charge < -0.3 is 20.3 Å². The topological polar surface area (TPSA) is 121 Å². The highest BCUT2D eigenvalue weighted by Crippen LogP contribution is 2.29. The molecule has 3 N–H and O–H groups in total. The lowest BCUT2D eigenvalue weighted by atomic mass is 10.1. The predicted molar refractivity (Wildman–Crippen MR) is 145 cm³/mol. The number of hydrogen-bond acceptors (Lipinski definition) is 8. The fraction of sp³-hybridized carbons (Fsp3) is 0.444. The normalized spacial score (nSPS) is 16.4. The number of aryl methyl sites for hydroxylation is 1. The first-order valence-corrected chi connectivity index (χ1v) is 12.5. The van der Waals surface area contributed by atoms with Crippen LogP contribution in [0.2, 0.25) is 0 Å². The summed E-state index contributed by atoms with van der Waals surface area (Å²) >= 11 is 0. The molecule has 1 saturated heterocycles. The van der Waals surface area contributed by atoms with Gasteiger partial charge in [0, 0.05) is 37.1 Å². The van der Waals surface area contributed by atoms with Crippen molar-refractivity contribution in [2.75, 3.05) is 28.6 Å². The average Bonchev–Trinajstić information content (AvgIpc) is 3.25. The van der Waals surface area contributed by atoms with Gasteiger partial charge in [0.2, 0.25) is 5.91 Å². The number of aromatic nitrogens is 3. The molecule has 3 heterocycles. The van der Waals surface area contributed by atoms with Crippen LogP contribution in [0.5, 0.6) is 0 Å². The van der Waals surface area contributed by atoms with Crippen molar-refractivity contribution in [2.24, 2.45) is 0 Å². The maximum absolute atomic E-state index is 12.2. The van der Waals surface area contributed by atoms with Crippen molar-refractivity contribution in [1.82, 2.24) is 20.3 Å². The summed E-state index contributed by atoms with van der Waals surface area (Å²) < 4.78 is 5.36. The highest BCUT2D eigenvalue weighted by Gasteiger charge is 2.25. The van der Waals surface area contributed by atoms with Crippen LogP contribution in [0.1, 0.15) is 58.5 Å². The van der Waals surface area contributed by atoms with Crippen LogP contribution < -0.4 is 20.9 Å². The number of amides is 2. The van der Waals surface area contributed by atoms with E-state index in [2.05, 4.69) is 35.8 Å². The van der Waals surface area contributed by atoms with Crippen LogP contribution >= 0.6 is 0 Å². The number of anilines is 3. The van der Waals surface area contributed by atoms with Gasteiger partial charge in [-0.1, -0.05) is 12.1 Å². The van der Waals surface area contributed by atoms with E-state index in [-0.39, 0.29) is 18.0 Å². The second kappa shape index (κ2) is 10.6. The summed E-state index contributed by atoms with van der Waals surface area (Å²) in [5.41, 5.74) is 1.81. The zero-order chi connectivity index (χ0) is 26.7. The lowest BCUT2D eigenvalue weighted by Crippen LogP contribution is -2.35. The lowest BCUT2D eigenvalue weighted by Gasteiger charge is -2.21. The van der Waals surface area contributed by atoms with Crippen LogP contribution in [0.3, 0.4) is 0 Å². The number of ether oxygens (including phenoxy) is 1. The fourth-order valence-electron chi connectivity index (χ4n) is 4.39. The maximum atomic E-state index is 12.2. The molecule has 10 heteroatoms. The summed E-state index contributed by atoms with van der Waals surface area (Å²) in [5, 5.41) is 10.2. The van der Waals surface area contributed by atoms with Crippen molar-refractivity contribution in [1.29, 1.82) is 0 Å². The van der Waals surface area contributed by atoms with Gasteiger partial charge in [0.25, 0.3) is 0 Å². The van der Waals surface area contributed by atoms with Crippen LogP contribution in [-0.2, 0) is 9.53 Å². The monoisotopic (exact) mass is 505 g/mol. The molecule has 0 spiro atoms. The Bertz CT molecular complexity index is 1300. The first-order chi connectivity index (χ1) is 17.5. The molecule has 2 aromatic heterocycles. The zero-order valence-electron chi connectivity index (χ0n) is 22.3. The standard InChI is InChI=1S/C27H35N7O3/c1-16(19-8-7-9-20(12-19)33-26(36)37-27(4,5)6)29-25-22-13-24(28-14-23(22)30-17(2)31-25)34-11-10-21(15-34)32-18(3)35/h7-9,12-14,16,21H,10-11,15H2,1-6H3,(H,32,35)(H,33,36)(H,29,30,31)/t16?,21-/m1/s1. The Morgan fingerprint density at radius 3 is 2.70 bits per heavy atom. The largest absolute Gasteiger partial charge is 0.444 e. The third-order valence-corrected chi connectivity index (χ3v) is 5.98. The van der Waals surface area contributed by atoms with Crippen molar-refractivity contribution in [3.05, 3.63) is 47.9 Å². The lowest BCUT2D eigenvalue weighted by molar-refractivity contribution is -0.119. The molecule has 0 aliphatic carbocycles. The Hall–Kier alpha value is -3.95. The van der Waals surface area contributed by atoms with Crippen LogP contribution in [0.25, 0.3) is 10.9 Å². The maximum Gasteiger partial charge on any atom is 0.412 e. The predicted octanol–water partition coefficient (Wildman–Crippen LogP) is 4.57. The van der Waals surface area contributed by atoms with Gasteiger partial charge >= 0.3 is 6.09 Å². The minimum atomic E-state index is -0.573. The van der Waals surface area contributed by atoms with Crippen molar-refractivity contribution < 1.29 is 14.3 Å². The Morgan fingerprint density at radius 1 is 1.19 bits per heavy atom. The highest BCUT2D eigenvalue weighted by molar-refractivity contribution is 5.91. The number of rotatable bonds is 6. The van der Waals surface area contributed by atoms with E-state index in [9.17, 15) is 9.59 Å². The van der Waals surface area contributed by atoms with Crippen molar-refractivity contribution in [3.63, 3.8) is 0 Å². The summed E-state index contributed by atoms with van der Waals surface area (Å²) in [6, 6.07) is 9.64. The van der Waals surface area contributed by atoms with E-state index in [1.165, 1.54) is 0 Å². The second-order valence-corrected chi connectivity index (χ2v) is 10.4. The Morgan fingerprint density at radius 2 is 1.97 bits per heavy atom. The van der Waals surface area contributed by atoms with Gasteiger partial charge in [-0.2, -0.15) is 0 Å². The van der Waals surface area contributed by atoms with E-state index < -0.39 is 11.7 Å². The third-order valence-electron chi connectivity index (χ3n) is 5.98. The molecule has 1 fully saturated rings. The second-order valence-electron chi connectivity index (χ2n) is 10.4. The molecule has 1 aliphatic rings. The number of benzene rings is 1. The number of hydrogen-bond donors (Lipinski definition) is 3. The molecule has 1 aromatic carbocycles. The third kappa shape index (κ3) is 6.84. The molecule has 2 atom stereocenters. The first-order valence-electron chi connectivity index (χ1n) is 12.5. The molecule has 1 aliphatic heterocycles. The van der Waals surface area contributed by atoms with Gasteiger partial charge in [-0.15, -0.1) is 0 Å². The molecule has 0 radical (unpaired) electrons. The van der Waals surface area contributed by atoms with E-state index in [4.69, 9.17) is 4.74 Å². The molecular weight excluding hydrogens is 470 g/mol. The number of nitrogens with one attached hydrogen (secondary N) is 3. The molecule has 1 unspecified atom stereocenters. The van der Waals surface area contributed by atoms with Crippen molar-refractivity contribution >= 4 is 40.2 Å². The van der Waals surface area contributed by atoms with Crippen LogP contribution in [0.4, 0.5) is 22.1 Å². The minimum Gasteiger partial charge on any atom is -0.444 e. The molecule has 196 valence electrons. The molecule has 0 bridgehead atoms. The van der Waals surface area contributed by atoms with Gasteiger partial charge in [0.15, 0.2) is 0 Å². The van der Waals surface area contributed by atoms with Gasteiger partial charge in [0.1, 0.15) is 23.1 Å². The van der Waals surface area contributed by atoms with Gasteiger partial charge in [0.05, 0.1) is 17.8 Å². The van der Waals surface area contributed by atoms with Gasteiger partial charge in [-0.3, -0.25) is 10.1 Å². The van der Waals surface area contributed by atoms with E-state index in [0.717, 1.165) is 35.2 Å². The number of nitrogens with zero attached hydrogens (tertiary/aromatic N) is 4. The number of carbonyl (C=O) groups is 2. The van der Waals surface area contributed by atoms with Crippen LogP contribution in [0, 0.1) is 6.92 Å². The molecular formula is C27H35N7O3. The van der Waals surface area contributed by atoms with Crippen molar-refractivity contribution in [2.45, 2.75) is 65.6 Å². The minimum absolute atomic E-state index is 0.0203.